The lowest BCUT2D eigenvalue weighted by Crippen LogP contribution is -2.41. The van der Waals surface area contributed by atoms with Crippen molar-refractivity contribution in [2.45, 2.75) is 12.8 Å². The van der Waals surface area contributed by atoms with Gasteiger partial charge in [-0.1, -0.05) is 40.2 Å². The second-order valence-corrected chi connectivity index (χ2v) is 7.71. The summed E-state index contributed by atoms with van der Waals surface area (Å²) in [5.74, 6) is 1.32. The smallest absolute Gasteiger partial charge is 0.270 e. The summed E-state index contributed by atoms with van der Waals surface area (Å²) in [5.41, 5.74) is 1.63. The van der Waals surface area contributed by atoms with E-state index in [4.69, 9.17) is 4.74 Å². The van der Waals surface area contributed by atoms with E-state index in [0.29, 0.717) is 18.2 Å². The molecular weight excluding hydrogens is 392 g/mol. The molecule has 1 N–H and O–H groups in total. The standard InChI is InChI=1S/C21H21BrN2O2/c22-17-9-8-16-11-20(23-19(16)12-17)21(25)24-10-4-5-15(13-24)14-26-18-6-2-1-3-7-18/h1-3,6-9,11-12,15,23H,4-5,10,13-14H2. The molecule has 1 aromatic heterocycles. The van der Waals surface area contributed by atoms with Crippen LogP contribution in [0.25, 0.3) is 10.9 Å². The highest BCUT2D eigenvalue weighted by Gasteiger charge is 2.26. The average molecular weight is 413 g/mol. The van der Waals surface area contributed by atoms with Gasteiger partial charge in [-0.3, -0.25) is 4.79 Å². The predicted molar refractivity (Wildman–Crippen MR) is 107 cm³/mol. The van der Waals surface area contributed by atoms with Gasteiger partial charge < -0.3 is 14.6 Å². The molecule has 1 fully saturated rings. The second-order valence-electron chi connectivity index (χ2n) is 6.80. The van der Waals surface area contributed by atoms with Crippen LogP contribution in [0.4, 0.5) is 0 Å². The van der Waals surface area contributed by atoms with Gasteiger partial charge in [0.05, 0.1) is 6.61 Å². The topological polar surface area (TPSA) is 45.3 Å². The second kappa shape index (κ2) is 7.54. The number of piperidine rings is 1. The van der Waals surface area contributed by atoms with Crippen molar-refractivity contribution in [3.05, 3.63) is 64.8 Å². The molecule has 1 atom stereocenters. The van der Waals surface area contributed by atoms with Crippen LogP contribution in [0.1, 0.15) is 23.3 Å². The third-order valence-corrected chi connectivity index (χ3v) is 5.34. The summed E-state index contributed by atoms with van der Waals surface area (Å²) in [5, 5.41) is 1.05. The number of fused-ring (bicyclic) bond motifs is 1. The van der Waals surface area contributed by atoms with Crippen LogP contribution < -0.4 is 4.74 Å². The molecule has 26 heavy (non-hydrogen) atoms. The number of hydrogen-bond acceptors (Lipinski definition) is 2. The predicted octanol–water partition coefficient (Wildman–Crippen LogP) is 4.86. The molecular formula is C21H21BrN2O2. The highest BCUT2D eigenvalue weighted by Crippen LogP contribution is 2.24. The van der Waals surface area contributed by atoms with Crippen LogP contribution in [0.5, 0.6) is 5.75 Å². The molecule has 0 bridgehead atoms. The Labute approximate surface area is 161 Å². The first-order valence-electron chi connectivity index (χ1n) is 8.94. The van der Waals surface area contributed by atoms with Crippen molar-refractivity contribution in [3.63, 3.8) is 0 Å². The number of carbonyl (C=O) groups is 1. The molecule has 0 aliphatic carbocycles. The largest absolute Gasteiger partial charge is 0.493 e. The van der Waals surface area contributed by atoms with Gasteiger partial charge in [0, 0.05) is 34.4 Å². The number of likely N-dealkylation sites (tertiary alicyclic amines) is 1. The first-order valence-corrected chi connectivity index (χ1v) is 9.74. The quantitative estimate of drug-likeness (QED) is 0.664. The third kappa shape index (κ3) is 3.78. The zero-order valence-electron chi connectivity index (χ0n) is 14.5. The van der Waals surface area contributed by atoms with Crippen LogP contribution in [-0.2, 0) is 0 Å². The van der Waals surface area contributed by atoms with Gasteiger partial charge in [-0.05, 0) is 43.2 Å². The van der Waals surface area contributed by atoms with Gasteiger partial charge in [0.2, 0.25) is 0 Å². The molecule has 0 saturated carbocycles. The van der Waals surface area contributed by atoms with Crippen LogP contribution in [-0.4, -0.2) is 35.5 Å². The zero-order valence-corrected chi connectivity index (χ0v) is 16.0. The van der Waals surface area contributed by atoms with Gasteiger partial charge in [-0.2, -0.15) is 0 Å². The number of aromatic amines is 1. The van der Waals surface area contributed by atoms with Crippen molar-refractivity contribution >= 4 is 32.7 Å². The molecule has 1 aliphatic heterocycles. The van der Waals surface area contributed by atoms with E-state index in [1.54, 1.807) is 0 Å². The lowest BCUT2D eigenvalue weighted by molar-refractivity contribution is 0.0628. The minimum Gasteiger partial charge on any atom is -0.493 e. The van der Waals surface area contributed by atoms with Crippen LogP contribution in [0, 0.1) is 5.92 Å². The molecule has 4 nitrogen and oxygen atoms in total. The number of hydrogen-bond donors (Lipinski definition) is 1. The van der Waals surface area contributed by atoms with Crippen LogP contribution in [0.3, 0.4) is 0 Å². The normalized spacial score (nSPS) is 17.4. The molecule has 134 valence electrons. The van der Waals surface area contributed by atoms with E-state index in [2.05, 4.69) is 20.9 Å². The lowest BCUT2D eigenvalue weighted by Gasteiger charge is -2.32. The summed E-state index contributed by atoms with van der Waals surface area (Å²) in [4.78, 5) is 18.1. The fraction of sp³-hybridized carbons (Fsp3) is 0.286. The van der Waals surface area contributed by atoms with Crippen molar-refractivity contribution in [3.8, 4) is 5.75 Å². The molecule has 2 heterocycles. The van der Waals surface area contributed by atoms with Crippen molar-refractivity contribution in [1.82, 2.24) is 9.88 Å². The van der Waals surface area contributed by atoms with Crippen molar-refractivity contribution in [2.75, 3.05) is 19.7 Å². The maximum absolute atomic E-state index is 12.9. The maximum Gasteiger partial charge on any atom is 0.270 e. The number of amides is 1. The summed E-state index contributed by atoms with van der Waals surface area (Å²) in [7, 11) is 0. The zero-order chi connectivity index (χ0) is 17.9. The van der Waals surface area contributed by atoms with E-state index in [-0.39, 0.29) is 5.91 Å². The Morgan fingerprint density at radius 1 is 1.19 bits per heavy atom. The summed E-state index contributed by atoms with van der Waals surface area (Å²) < 4.78 is 6.89. The van der Waals surface area contributed by atoms with Crippen LogP contribution in [0.15, 0.2) is 59.1 Å². The molecule has 3 aromatic rings. The number of aromatic nitrogens is 1. The number of nitrogens with one attached hydrogen (secondary N) is 1. The molecule has 0 spiro atoms. The molecule has 1 aliphatic rings. The maximum atomic E-state index is 12.9. The lowest BCUT2D eigenvalue weighted by atomic mass is 9.98. The first-order chi connectivity index (χ1) is 12.7. The highest BCUT2D eigenvalue weighted by molar-refractivity contribution is 9.10. The molecule has 4 rings (SSSR count). The Kier molecular flexibility index (Phi) is 4.98. The Hall–Kier alpha value is -2.27. The number of carbonyl (C=O) groups excluding carboxylic acids is 1. The molecule has 1 unspecified atom stereocenters. The SMILES string of the molecule is O=C(c1cc2ccc(Br)cc2[nH]1)N1CCCC(COc2ccccc2)C1. The van der Waals surface area contributed by atoms with E-state index in [9.17, 15) is 4.79 Å². The number of para-hydroxylation sites is 1. The number of ether oxygens (including phenoxy) is 1. The van der Waals surface area contributed by atoms with Gasteiger partial charge >= 0.3 is 0 Å². The van der Waals surface area contributed by atoms with Crippen LogP contribution >= 0.6 is 15.9 Å². The third-order valence-electron chi connectivity index (χ3n) is 4.85. The van der Waals surface area contributed by atoms with Crippen molar-refractivity contribution < 1.29 is 9.53 Å². The van der Waals surface area contributed by atoms with Gasteiger partial charge in [-0.25, -0.2) is 0 Å². The van der Waals surface area contributed by atoms with E-state index >= 15 is 0 Å². The summed E-state index contributed by atoms with van der Waals surface area (Å²) >= 11 is 3.47. The van der Waals surface area contributed by atoms with Crippen LogP contribution in [0.2, 0.25) is 0 Å². The van der Waals surface area contributed by atoms with Gasteiger partial charge in [0.1, 0.15) is 11.4 Å². The average Bonchev–Trinajstić information content (AvgIpc) is 3.10. The van der Waals surface area contributed by atoms with Gasteiger partial charge in [0.15, 0.2) is 0 Å². The molecule has 5 heteroatoms. The molecule has 2 aromatic carbocycles. The highest BCUT2D eigenvalue weighted by atomic mass is 79.9. The Bertz CT molecular complexity index is 907. The number of H-pyrrole nitrogens is 1. The number of rotatable bonds is 4. The number of nitrogens with zero attached hydrogens (tertiary/aromatic N) is 1. The number of benzene rings is 2. The Balaban J connectivity index is 1.42. The molecule has 0 radical (unpaired) electrons. The summed E-state index contributed by atoms with van der Waals surface area (Å²) in [6.45, 7) is 2.19. The fourth-order valence-electron chi connectivity index (χ4n) is 3.50. The summed E-state index contributed by atoms with van der Waals surface area (Å²) in [6.07, 6.45) is 2.11. The van der Waals surface area contributed by atoms with Gasteiger partial charge in [0.25, 0.3) is 5.91 Å². The van der Waals surface area contributed by atoms with Gasteiger partial charge in [-0.15, -0.1) is 0 Å². The van der Waals surface area contributed by atoms with Crippen molar-refractivity contribution in [2.24, 2.45) is 5.92 Å². The van der Waals surface area contributed by atoms with Crippen molar-refractivity contribution in [1.29, 1.82) is 0 Å². The Morgan fingerprint density at radius 3 is 2.88 bits per heavy atom. The summed E-state index contributed by atoms with van der Waals surface area (Å²) in [6, 6.07) is 17.8. The molecule has 1 saturated heterocycles. The van der Waals surface area contributed by atoms with E-state index < -0.39 is 0 Å². The fourth-order valence-corrected chi connectivity index (χ4v) is 3.86. The minimum atomic E-state index is 0.0710. The van der Waals surface area contributed by atoms with E-state index in [0.717, 1.165) is 47.1 Å². The monoisotopic (exact) mass is 412 g/mol. The van der Waals surface area contributed by atoms with E-state index in [1.165, 1.54) is 0 Å². The molecule has 1 amide bonds. The number of halogens is 1. The Morgan fingerprint density at radius 2 is 2.04 bits per heavy atom. The minimum absolute atomic E-state index is 0.0710. The van der Waals surface area contributed by atoms with E-state index in [1.807, 2.05) is 59.5 Å². The first kappa shape index (κ1) is 17.2.